The molecule has 1 aliphatic rings. The van der Waals surface area contributed by atoms with E-state index in [-0.39, 0.29) is 35.4 Å². The van der Waals surface area contributed by atoms with Crippen LogP contribution in [0.25, 0.3) is 0 Å². The molecule has 0 unspecified atom stereocenters. The van der Waals surface area contributed by atoms with Gasteiger partial charge in [0, 0.05) is 24.0 Å². The largest absolute Gasteiger partial charge is 0.243 e. The predicted octanol–water partition coefficient (Wildman–Crippen LogP) is 1.81. The summed E-state index contributed by atoms with van der Waals surface area (Å²) in [5.74, 6) is -0.161. The van der Waals surface area contributed by atoms with Gasteiger partial charge in [-0.1, -0.05) is 11.6 Å². The summed E-state index contributed by atoms with van der Waals surface area (Å²) >= 11 is 11.8. The van der Waals surface area contributed by atoms with E-state index in [4.69, 9.17) is 23.2 Å². The molecule has 0 aliphatic carbocycles. The minimum absolute atomic E-state index is 0.0349. The van der Waals surface area contributed by atoms with Crippen molar-refractivity contribution in [1.29, 1.82) is 0 Å². The van der Waals surface area contributed by atoms with Crippen molar-refractivity contribution in [3.8, 4) is 0 Å². The number of sulfonamides is 1. The van der Waals surface area contributed by atoms with E-state index in [2.05, 4.69) is 0 Å². The van der Waals surface area contributed by atoms with Gasteiger partial charge in [0.1, 0.15) is 0 Å². The van der Waals surface area contributed by atoms with Gasteiger partial charge in [0.15, 0.2) is 9.84 Å². The van der Waals surface area contributed by atoms with Gasteiger partial charge in [0.2, 0.25) is 10.0 Å². The van der Waals surface area contributed by atoms with Crippen molar-refractivity contribution in [1.82, 2.24) is 4.31 Å². The van der Waals surface area contributed by atoms with Crippen LogP contribution in [0.4, 0.5) is 0 Å². The first-order valence-corrected chi connectivity index (χ1v) is 10.4. The molecule has 5 nitrogen and oxygen atoms in total. The van der Waals surface area contributed by atoms with E-state index >= 15 is 0 Å². The van der Waals surface area contributed by atoms with Crippen LogP contribution in [0.2, 0.25) is 5.02 Å². The van der Waals surface area contributed by atoms with E-state index in [0.29, 0.717) is 16.1 Å². The number of halogens is 2. The van der Waals surface area contributed by atoms with E-state index in [1.807, 2.05) is 0 Å². The Kier molecular flexibility index (Phi) is 4.90. The summed E-state index contributed by atoms with van der Waals surface area (Å²) in [6.45, 7) is 1.60. The molecule has 0 bridgehead atoms. The van der Waals surface area contributed by atoms with Gasteiger partial charge in [-0.15, -0.1) is 11.6 Å². The van der Waals surface area contributed by atoms with Crippen LogP contribution in [0.3, 0.4) is 0 Å². The fourth-order valence-corrected chi connectivity index (χ4v) is 5.94. The lowest BCUT2D eigenvalue weighted by Gasteiger charge is -2.27. The summed E-state index contributed by atoms with van der Waals surface area (Å²) in [4.78, 5) is 0.0879. The van der Waals surface area contributed by atoms with E-state index in [1.54, 1.807) is 13.0 Å². The number of benzene rings is 1. The van der Waals surface area contributed by atoms with Gasteiger partial charge in [0.25, 0.3) is 0 Å². The molecule has 1 aromatic carbocycles. The van der Waals surface area contributed by atoms with Crippen molar-refractivity contribution < 1.29 is 16.8 Å². The molecule has 2 rings (SSSR count). The zero-order chi connectivity index (χ0) is 15.8. The SMILES string of the molecule is Cc1c(CCl)cc(Cl)cc1S(=O)(=O)N1CCS(=O)(=O)CC1. The van der Waals surface area contributed by atoms with Crippen molar-refractivity contribution in [3.63, 3.8) is 0 Å². The fourth-order valence-electron chi connectivity index (χ4n) is 2.19. The summed E-state index contributed by atoms with van der Waals surface area (Å²) in [6, 6.07) is 3.01. The van der Waals surface area contributed by atoms with Gasteiger partial charge in [-0.2, -0.15) is 4.31 Å². The Hall–Kier alpha value is -0.340. The molecule has 21 heavy (non-hydrogen) atoms. The second-order valence-electron chi connectivity index (χ2n) is 4.88. The molecule has 0 atom stereocenters. The molecule has 0 spiro atoms. The van der Waals surface area contributed by atoms with Crippen molar-refractivity contribution in [3.05, 3.63) is 28.3 Å². The molecule has 0 amide bonds. The third kappa shape index (κ3) is 3.53. The highest BCUT2D eigenvalue weighted by atomic mass is 35.5. The monoisotopic (exact) mass is 371 g/mol. The highest BCUT2D eigenvalue weighted by Crippen LogP contribution is 2.28. The summed E-state index contributed by atoms with van der Waals surface area (Å²) in [5, 5.41) is 0.291. The van der Waals surface area contributed by atoms with E-state index in [1.165, 1.54) is 10.4 Å². The summed E-state index contributed by atoms with van der Waals surface area (Å²) < 4.78 is 49.4. The molecule has 118 valence electrons. The fraction of sp³-hybridized carbons (Fsp3) is 0.500. The Morgan fingerprint density at radius 3 is 2.33 bits per heavy atom. The third-order valence-corrected chi connectivity index (χ3v) is 7.64. The Morgan fingerprint density at radius 2 is 1.81 bits per heavy atom. The maximum atomic E-state index is 12.7. The van der Waals surface area contributed by atoms with Crippen LogP contribution in [-0.4, -0.2) is 45.7 Å². The lowest BCUT2D eigenvalue weighted by molar-refractivity contribution is 0.430. The predicted molar refractivity (Wildman–Crippen MR) is 83.2 cm³/mol. The summed E-state index contributed by atoms with van der Waals surface area (Å²) in [6.07, 6.45) is 0. The number of sulfone groups is 1. The van der Waals surface area contributed by atoms with Crippen LogP contribution in [0.1, 0.15) is 11.1 Å². The molecular formula is C12H15Cl2NO4S2. The standard InChI is InChI=1S/C12H15Cl2NO4S2/c1-9-10(8-13)6-11(14)7-12(9)21(18,19)15-2-4-20(16,17)5-3-15/h6-7H,2-5,8H2,1H3. The molecule has 0 aromatic heterocycles. The van der Waals surface area contributed by atoms with Crippen molar-refractivity contribution >= 4 is 43.1 Å². The highest BCUT2D eigenvalue weighted by Gasteiger charge is 2.32. The lowest BCUT2D eigenvalue weighted by Crippen LogP contribution is -2.43. The van der Waals surface area contributed by atoms with E-state index in [9.17, 15) is 16.8 Å². The zero-order valence-electron chi connectivity index (χ0n) is 11.3. The molecular weight excluding hydrogens is 357 g/mol. The number of nitrogens with zero attached hydrogens (tertiary/aromatic N) is 1. The first-order valence-electron chi connectivity index (χ1n) is 6.23. The van der Waals surface area contributed by atoms with Crippen LogP contribution in [0, 0.1) is 6.92 Å². The third-order valence-electron chi connectivity index (χ3n) is 3.50. The maximum Gasteiger partial charge on any atom is 0.243 e. The number of alkyl halides is 1. The molecule has 0 N–H and O–H groups in total. The van der Waals surface area contributed by atoms with Gasteiger partial charge in [0.05, 0.1) is 16.4 Å². The van der Waals surface area contributed by atoms with Crippen molar-refractivity contribution in [2.24, 2.45) is 0 Å². The van der Waals surface area contributed by atoms with Crippen LogP contribution in [0.5, 0.6) is 0 Å². The van der Waals surface area contributed by atoms with Gasteiger partial charge in [-0.05, 0) is 30.2 Å². The Balaban J connectivity index is 2.43. The van der Waals surface area contributed by atoms with E-state index < -0.39 is 19.9 Å². The first-order chi connectivity index (χ1) is 9.67. The molecule has 1 heterocycles. The average molecular weight is 372 g/mol. The summed E-state index contributed by atoms with van der Waals surface area (Å²) in [5.41, 5.74) is 1.19. The molecule has 1 saturated heterocycles. The highest BCUT2D eigenvalue weighted by molar-refractivity contribution is 7.92. The van der Waals surface area contributed by atoms with Crippen LogP contribution in [-0.2, 0) is 25.7 Å². The molecule has 0 radical (unpaired) electrons. The molecule has 9 heteroatoms. The minimum Gasteiger partial charge on any atom is -0.229 e. The Bertz CT molecular complexity index is 746. The number of rotatable bonds is 3. The minimum atomic E-state index is -3.77. The topological polar surface area (TPSA) is 71.5 Å². The van der Waals surface area contributed by atoms with Gasteiger partial charge >= 0.3 is 0 Å². The normalized spacial score (nSPS) is 19.6. The number of hydrogen-bond donors (Lipinski definition) is 0. The second kappa shape index (κ2) is 6.04. The smallest absolute Gasteiger partial charge is 0.229 e. The molecule has 1 aliphatic heterocycles. The lowest BCUT2D eigenvalue weighted by atomic mass is 10.1. The van der Waals surface area contributed by atoms with E-state index in [0.717, 1.165) is 0 Å². The van der Waals surface area contributed by atoms with Crippen LogP contribution >= 0.6 is 23.2 Å². The van der Waals surface area contributed by atoms with Crippen LogP contribution < -0.4 is 0 Å². The maximum absolute atomic E-state index is 12.7. The quantitative estimate of drug-likeness (QED) is 0.759. The summed E-state index contributed by atoms with van der Waals surface area (Å²) in [7, 11) is -6.91. The zero-order valence-corrected chi connectivity index (χ0v) is 14.5. The van der Waals surface area contributed by atoms with Gasteiger partial charge in [-0.3, -0.25) is 0 Å². The molecule has 0 saturated carbocycles. The first kappa shape index (κ1) is 17.0. The Labute approximate surface area is 134 Å². The van der Waals surface area contributed by atoms with Crippen LogP contribution in [0.15, 0.2) is 17.0 Å². The van der Waals surface area contributed by atoms with Gasteiger partial charge < -0.3 is 0 Å². The number of hydrogen-bond acceptors (Lipinski definition) is 4. The van der Waals surface area contributed by atoms with Crippen molar-refractivity contribution in [2.75, 3.05) is 24.6 Å². The van der Waals surface area contributed by atoms with Gasteiger partial charge in [-0.25, -0.2) is 16.8 Å². The Morgan fingerprint density at radius 1 is 1.24 bits per heavy atom. The second-order valence-corrected chi connectivity index (χ2v) is 9.79. The molecule has 1 aromatic rings. The molecule has 1 fully saturated rings. The van der Waals surface area contributed by atoms with Crippen molar-refractivity contribution in [2.45, 2.75) is 17.7 Å². The average Bonchev–Trinajstić information content (AvgIpc) is 2.40.